The molecule has 1 heterocycles. The van der Waals surface area contributed by atoms with Crippen molar-refractivity contribution in [3.8, 4) is 23.1 Å². The number of methoxy groups -OCH3 is 1. The summed E-state index contributed by atoms with van der Waals surface area (Å²) >= 11 is 0. The van der Waals surface area contributed by atoms with Crippen LogP contribution in [-0.2, 0) is 19.1 Å². The third kappa shape index (κ3) is 6.63. The zero-order valence-corrected chi connectivity index (χ0v) is 19.0. The van der Waals surface area contributed by atoms with Crippen LogP contribution in [0.2, 0.25) is 0 Å². The monoisotopic (exact) mass is 452 g/mol. The molecule has 3 rings (SSSR count). The van der Waals surface area contributed by atoms with Crippen LogP contribution in [0.4, 0.5) is 5.69 Å². The Labute approximate surface area is 192 Å². The standard InChI is InChI=1S/C24H28N4O5/c1-4-32-22(30)14-13-21(29)25-18-9-11-19(12-10-18)28-23(20-8-6-5-7-17(20)2)26-24(27-28)33-16-15-31-3/h5-12H,4,13-16H2,1-3H3,(H,25,29). The number of hydrogen-bond donors (Lipinski definition) is 1. The Balaban J connectivity index is 1.78. The highest BCUT2D eigenvalue weighted by Gasteiger charge is 2.16. The van der Waals surface area contributed by atoms with Crippen LogP contribution in [-0.4, -0.2) is 53.6 Å². The number of aromatic nitrogens is 3. The van der Waals surface area contributed by atoms with Gasteiger partial charge in [-0.3, -0.25) is 9.59 Å². The minimum Gasteiger partial charge on any atom is -0.466 e. The van der Waals surface area contributed by atoms with Gasteiger partial charge in [0.2, 0.25) is 5.91 Å². The van der Waals surface area contributed by atoms with Gasteiger partial charge in [0.05, 0.1) is 25.3 Å². The molecule has 1 amide bonds. The molecule has 0 aliphatic heterocycles. The number of aryl methyl sites for hydroxylation is 1. The molecule has 0 radical (unpaired) electrons. The molecule has 2 aromatic carbocycles. The number of rotatable bonds is 11. The molecule has 1 N–H and O–H groups in total. The summed E-state index contributed by atoms with van der Waals surface area (Å²) in [4.78, 5) is 28.1. The summed E-state index contributed by atoms with van der Waals surface area (Å²) in [5, 5.41) is 7.30. The summed E-state index contributed by atoms with van der Waals surface area (Å²) in [5.74, 6) is -0.000774. The van der Waals surface area contributed by atoms with Crippen molar-refractivity contribution in [3.63, 3.8) is 0 Å². The molecular formula is C24H28N4O5. The Morgan fingerprint density at radius 1 is 1.03 bits per heavy atom. The highest BCUT2D eigenvalue weighted by atomic mass is 16.5. The number of esters is 1. The first-order chi connectivity index (χ1) is 16.0. The van der Waals surface area contributed by atoms with Gasteiger partial charge in [-0.25, -0.2) is 4.68 Å². The molecule has 0 bridgehead atoms. The molecule has 1 aromatic heterocycles. The van der Waals surface area contributed by atoms with Gasteiger partial charge in [-0.2, -0.15) is 4.98 Å². The Kier molecular flexibility index (Phi) is 8.54. The lowest BCUT2D eigenvalue weighted by Crippen LogP contribution is -2.14. The smallest absolute Gasteiger partial charge is 0.336 e. The third-order valence-corrected chi connectivity index (χ3v) is 4.75. The molecule has 9 nitrogen and oxygen atoms in total. The topological polar surface area (TPSA) is 105 Å². The van der Waals surface area contributed by atoms with E-state index < -0.39 is 0 Å². The Morgan fingerprint density at radius 2 is 1.79 bits per heavy atom. The fraction of sp³-hybridized carbons (Fsp3) is 0.333. The van der Waals surface area contributed by atoms with Crippen molar-refractivity contribution in [1.29, 1.82) is 0 Å². The van der Waals surface area contributed by atoms with Crippen molar-refractivity contribution >= 4 is 17.6 Å². The van der Waals surface area contributed by atoms with E-state index in [1.165, 1.54) is 0 Å². The van der Waals surface area contributed by atoms with Gasteiger partial charge >= 0.3 is 12.0 Å². The summed E-state index contributed by atoms with van der Waals surface area (Å²) < 4.78 is 17.2. The van der Waals surface area contributed by atoms with Crippen molar-refractivity contribution in [3.05, 3.63) is 54.1 Å². The predicted molar refractivity (Wildman–Crippen MR) is 123 cm³/mol. The summed E-state index contributed by atoms with van der Waals surface area (Å²) in [7, 11) is 1.60. The number of benzene rings is 2. The average Bonchev–Trinajstić information content (AvgIpc) is 3.23. The van der Waals surface area contributed by atoms with Gasteiger partial charge in [-0.05, 0) is 43.7 Å². The summed E-state index contributed by atoms with van der Waals surface area (Å²) in [6.07, 6.45) is 0.103. The summed E-state index contributed by atoms with van der Waals surface area (Å²) in [6, 6.07) is 15.4. The van der Waals surface area contributed by atoms with E-state index >= 15 is 0 Å². The number of amides is 1. The van der Waals surface area contributed by atoms with Gasteiger partial charge in [0, 0.05) is 24.8 Å². The second kappa shape index (κ2) is 11.8. The molecule has 0 fully saturated rings. The average molecular weight is 453 g/mol. The molecule has 0 aliphatic rings. The van der Waals surface area contributed by atoms with Crippen LogP contribution < -0.4 is 10.1 Å². The van der Waals surface area contributed by atoms with Crippen molar-refractivity contribution in [2.24, 2.45) is 0 Å². The number of carbonyl (C=O) groups excluding carboxylic acids is 2. The molecule has 0 unspecified atom stereocenters. The first-order valence-corrected chi connectivity index (χ1v) is 10.7. The maximum atomic E-state index is 12.1. The van der Waals surface area contributed by atoms with Crippen molar-refractivity contribution in [2.45, 2.75) is 26.7 Å². The van der Waals surface area contributed by atoms with Gasteiger partial charge in [0.25, 0.3) is 0 Å². The van der Waals surface area contributed by atoms with E-state index in [9.17, 15) is 9.59 Å². The van der Waals surface area contributed by atoms with Crippen molar-refractivity contribution in [1.82, 2.24) is 14.8 Å². The number of nitrogens with zero attached hydrogens (tertiary/aromatic N) is 3. The van der Waals surface area contributed by atoms with Crippen LogP contribution in [0.1, 0.15) is 25.3 Å². The number of anilines is 1. The van der Waals surface area contributed by atoms with E-state index in [1.54, 1.807) is 30.8 Å². The Bertz CT molecular complexity index is 1080. The maximum Gasteiger partial charge on any atom is 0.336 e. The molecule has 0 spiro atoms. The normalized spacial score (nSPS) is 10.6. The van der Waals surface area contributed by atoms with E-state index in [0.717, 1.165) is 16.8 Å². The lowest BCUT2D eigenvalue weighted by atomic mass is 10.1. The van der Waals surface area contributed by atoms with Gasteiger partial charge in [-0.15, -0.1) is 5.10 Å². The van der Waals surface area contributed by atoms with E-state index in [2.05, 4.69) is 15.4 Å². The lowest BCUT2D eigenvalue weighted by molar-refractivity contribution is -0.144. The minimum absolute atomic E-state index is 0.0440. The quantitative estimate of drug-likeness (QED) is 0.350. The zero-order valence-electron chi connectivity index (χ0n) is 19.0. The van der Waals surface area contributed by atoms with E-state index in [4.69, 9.17) is 14.2 Å². The number of hydrogen-bond acceptors (Lipinski definition) is 7. The predicted octanol–water partition coefficient (Wildman–Crippen LogP) is 3.55. The summed E-state index contributed by atoms with van der Waals surface area (Å²) in [5.41, 5.74) is 3.36. The molecule has 0 saturated carbocycles. The molecule has 3 aromatic rings. The van der Waals surface area contributed by atoms with Gasteiger partial charge in [-0.1, -0.05) is 24.3 Å². The first kappa shape index (κ1) is 23.9. The van der Waals surface area contributed by atoms with Crippen molar-refractivity contribution < 1.29 is 23.8 Å². The highest BCUT2D eigenvalue weighted by molar-refractivity contribution is 5.92. The molecule has 33 heavy (non-hydrogen) atoms. The zero-order chi connectivity index (χ0) is 23.6. The molecule has 0 atom stereocenters. The highest BCUT2D eigenvalue weighted by Crippen LogP contribution is 2.26. The third-order valence-electron chi connectivity index (χ3n) is 4.75. The van der Waals surface area contributed by atoms with Crippen LogP contribution in [0.5, 0.6) is 6.01 Å². The molecule has 0 aliphatic carbocycles. The molecule has 0 saturated heterocycles. The van der Waals surface area contributed by atoms with Crippen LogP contribution in [0.25, 0.3) is 17.1 Å². The number of carbonyl (C=O) groups is 2. The van der Waals surface area contributed by atoms with E-state index in [0.29, 0.717) is 31.3 Å². The van der Waals surface area contributed by atoms with Crippen molar-refractivity contribution in [2.75, 3.05) is 32.2 Å². The molecular weight excluding hydrogens is 424 g/mol. The number of ether oxygens (including phenoxy) is 3. The van der Waals surface area contributed by atoms with Gasteiger partial charge in [0.1, 0.15) is 6.61 Å². The lowest BCUT2D eigenvalue weighted by Gasteiger charge is -2.09. The largest absolute Gasteiger partial charge is 0.466 e. The number of nitrogens with one attached hydrogen (secondary N) is 1. The molecule has 174 valence electrons. The van der Waals surface area contributed by atoms with Crippen LogP contribution in [0.3, 0.4) is 0 Å². The van der Waals surface area contributed by atoms with Crippen LogP contribution in [0, 0.1) is 6.92 Å². The first-order valence-electron chi connectivity index (χ1n) is 10.7. The minimum atomic E-state index is -0.388. The second-order valence-electron chi connectivity index (χ2n) is 7.19. The maximum absolute atomic E-state index is 12.1. The second-order valence-corrected chi connectivity index (χ2v) is 7.19. The fourth-order valence-corrected chi connectivity index (χ4v) is 3.11. The Morgan fingerprint density at radius 3 is 2.48 bits per heavy atom. The van der Waals surface area contributed by atoms with E-state index in [-0.39, 0.29) is 30.7 Å². The van der Waals surface area contributed by atoms with E-state index in [1.807, 2.05) is 43.3 Å². The fourth-order valence-electron chi connectivity index (χ4n) is 3.11. The van der Waals surface area contributed by atoms with Crippen LogP contribution in [0.15, 0.2) is 48.5 Å². The van der Waals surface area contributed by atoms with Gasteiger partial charge < -0.3 is 19.5 Å². The SMILES string of the molecule is CCOC(=O)CCC(=O)Nc1ccc(-n2nc(OCCOC)nc2-c2ccccc2C)cc1. The van der Waals surface area contributed by atoms with Crippen LogP contribution >= 0.6 is 0 Å². The van der Waals surface area contributed by atoms with Gasteiger partial charge in [0.15, 0.2) is 5.82 Å². The summed E-state index contributed by atoms with van der Waals surface area (Å²) in [6.45, 7) is 4.81. The molecule has 9 heteroatoms. The Hall–Kier alpha value is -3.72.